The fourth-order valence-corrected chi connectivity index (χ4v) is 3.86. The highest BCUT2D eigenvalue weighted by atomic mass is 28.3. The largest absolute Gasteiger partial charge is 0.528 e. The third kappa shape index (κ3) is 6.58. The standard InChI is InChI=1S/C18H32N2O6Si/c1-18(2,3)25-17(23)26-20-10-12(14-15(20)16(22)19-14)9-13(21)11-24-7-8-27(4,5)6/h12,14-15H,7-11H2,1-6H3,(H,19,22)/t12-,14-,15+/m1/s1. The Morgan fingerprint density at radius 1 is 1.26 bits per heavy atom. The van der Waals surface area contributed by atoms with Gasteiger partial charge in [0, 0.05) is 33.6 Å². The van der Waals surface area contributed by atoms with Crippen molar-refractivity contribution in [2.24, 2.45) is 5.92 Å². The van der Waals surface area contributed by atoms with Gasteiger partial charge in [-0.1, -0.05) is 19.6 Å². The summed E-state index contributed by atoms with van der Waals surface area (Å²) in [7, 11) is -1.18. The molecule has 0 aromatic carbocycles. The first-order valence-electron chi connectivity index (χ1n) is 9.43. The second-order valence-corrected chi connectivity index (χ2v) is 15.1. The smallest absolute Gasteiger partial charge is 0.427 e. The van der Waals surface area contributed by atoms with Crippen LogP contribution in [0.5, 0.6) is 0 Å². The molecular formula is C18H32N2O6Si. The van der Waals surface area contributed by atoms with Crippen LogP contribution < -0.4 is 5.32 Å². The van der Waals surface area contributed by atoms with Crippen LogP contribution in [-0.2, 0) is 23.9 Å². The van der Waals surface area contributed by atoms with Crippen LogP contribution in [0.25, 0.3) is 0 Å². The molecule has 9 heteroatoms. The van der Waals surface area contributed by atoms with Gasteiger partial charge in [-0.15, -0.1) is 5.06 Å². The van der Waals surface area contributed by atoms with Gasteiger partial charge >= 0.3 is 6.16 Å². The number of carbonyl (C=O) groups is 3. The number of fused-ring (bicyclic) bond motifs is 1. The van der Waals surface area contributed by atoms with Gasteiger partial charge < -0.3 is 19.6 Å². The number of nitrogens with zero attached hydrogens (tertiary/aromatic N) is 1. The molecule has 0 spiro atoms. The van der Waals surface area contributed by atoms with E-state index in [1.54, 1.807) is 20.8 Å². The van der Waals surface area contributed by atoms with Gasteiger partial charge in [0.05, 0.1) is 6.04 Å². The second-order valence-electron chi connectivity index (χ2n) is 9.50. The Labute approximate surface area is 161 Å². The second kappa shape index (κ2) is 8.28. The summed E-state index contributed by atoms with van der Waals surface area (Å²) < 4.78 is 10.6. The van der Waals surface area contributed by atoms with Gasteiger partial charge in [0.15, 0.2) is 5.78 Å². The predicted octanol–water partition coefficient (Wildman–Crippen LogP) is 1.97. The molecule has 2 fully saturated rings. The Kier molecular flexibility index (Phi) is 6.70. The molecule has 8 nitrogen and oxygen atoms in total. The number of rotatable bonds is 8. The molecule has 154 valence electrons. The molecule has 0 unspecified atom stereocenters. The van der Waals surface area contributed by atoms with Crippen molar-refractivity contribution in [2.45, 2.75) is 70.6 Å². The van der Waals surface area contributed by atoms with E-state index in [2.05, 4.69) is 25.0 Å². The van der Waals surface area contributed by atoms with Crippen molar-refractivity contribution in [2.75, 3.05) is 19.8 Å². The molecule has 0 radical (unpaired) electrons. The van der Waals surface area contributed by atoms with Crippen LogP contribution in [-0.4, -0.2) is 68.4 Å². The highest BCUT2D eigenvalue weighted by Crippen LogP contribution is 2.33. The van der Waals surface area contributed by atoms with Gasteiger partial charge in [-0.3, -0.25) is 9.59 Å². The van der Waals surface area contributed by atoms with E-state index in [1.807, 2.05) is 0 Å². The average molecular weight is 401 g/mol. The number of β-lactam (4-membered cyclic amide) rings is 1. The SMILES string of the molecule is CC(C)(C)OC(=O)ON1C[C@@H](CC(=O)COCC[Si](C)(C)C)[C@H]2NC(=O)[C@H]21. The summed E-state index contributed by atoms with van der Waals surface area (Å²) in [6.07, 6.45) is -0.564. The lowest BCUT2D eigenvalue weighted by Crippen LogP contribution is -2.65. The highest BCUT2D eigenvalue weighted by molar-refractivity contribution is 6.76. The zero-order chi connectivity index (χ0) is 20.4. The number of ketones is 1. The Hall–Kier alpha value is -1.45. The number of Topliss-reactive ketones (excluding diaryl/α,β-unsaturated/α-hetero) is 1. The first-order valence-corrected chi connectivity index (χ1v) is 13.1. The Morgan fingerprint density at radius 3 is 2.48 bits per heavy atom. The lowest BCUT2D eigenvalue weighted by atomic mass is 9.88. The average Bonchev–Trinajstić information content (AvgIpc) is 2.71. The van der Waals surface area contributed by atoms with E-state index < -0.39 is 25.9 Å². The van der Waals surface area contributed by atoms with Gasteiger partial charge in [-0.25, -0.2) is 4.79 Å². The van der Waals surface area contributed by atoms with E-state index in [-0.39, 0.29) is 36.7 Å². The topological polar surface area (TPSA) is 94.2 Å². The molecule has 2 heterocycles. The van der Waals surface area contributed by atoms with Gasteiger partial charge in [-0.05, 0) is 26.8 Å². The molecule has 2 rings (SSSR count). The molecule has 0 aromatic rings. The molecule has 0 aromatic heterocycles. The molecule has 2 aliphatic heterocycles. The van der Waals surface area contributed by atoms with Crippen LogP contribution in [0.2, 0.25) is 25.7 Å². The number of amides is 1. The predicted molar refractivity (Wildman–Crippen MR) is 102 cm³/mol. The highest BCUT2D eigenvalue weighted by Gasteiger charge is 2.56. The quantitative estimate of drug-likeness (QED) is 0.288. The summed E-state index contributed by atoms with van der Waals surface area (Å²) in [4.78, 5) is 41.1. The van der Waals surface area contributed by atoms with E-state index >= 15 is 0 Å². The number of hydroxylamine groups is 2. The Bertz CT molecular complexity index is 583. The molecule has 1 N–H and O–H groups in total. The van der Waals surface area contributed by atoms with E-state index in [9.17, 15) is 14.4 Å². The van der Waals surface area contributed by atoms with Crippen molar-refractivity contribution in [3.05, 3.63) is 0 Å². The van der Waals surface area contributed by atoms with Crippen LogP contribution >= 0.6 is 0 Å². The maximum atomic E-state index is 12.2. The van der Waals surface area contributed by atoms with Crippen LogP contribution in [0.15, 0.2) is 0 Å². The van der Waals surface area contributed by atoms with Crippen molar-refractivity contribution in [1.29, 1.82) is 0 Å². The Morgan fingerprint density at radius 2 is 1.93 bits per heavy atom. The molecule has 1 amide bonds. The minimum atomic E-state index is -1.18. The minimum absolute atomic E-state index is 0.00501. The molecule has 0 bridgehead atoms. The van der Waals surface area contributed by atoms with Gasteiger partial charge in [-0.2, -0.15) is 0 Å². The minimum Gasteiger partial charge on any atom is -0.427 e. The summed E-state index contributed by atoms with van der Waals surface area (Å²) in [6.45, 7) is 13.0. The molecule has 2 saturated heterocycles. The number of carbonyl (C=O) groups excluding carboxylic acids is 3. The third-order valence-corrected chi connectivity index (χ3v) is 6.19. The summed E-state index contributed by atoms with van der Waals surface area (Å²) in [5.41, 5.74) is -0.680. The van der Waals surface area contributed by atoms with Crippen molar-refractivity contribution < 1.29 is 28.7 Å². The normalized spacial score (nSPS) is 25.4. The van der Waals surface area contributed by atoms with Crippen molar-refractivity contribution in [3.8, 4) is 0 Å². The summed E-state index contributed by atoms with van der Waals surface area (Å²) in [5, 5.41) is 4.13. The van der Waals surface area contributed by atoms with Crippen LogP contribution in [0.1, 0.15) is 27.2 Å². The van der Waals surface area contributed by atoms with Crippen molar-refractivity contribution in [3.63, 3.8) is 0 Å². The summed E-state index contributed by atoms with van der Waals surface area (Å²) in [5.74, 6) is -0.317. The number of ether oxygens (including phenoxy) is 2. The van der Waals surface area contributed by atoms with Gasteiger partial charge in [0.1, 0.15) is 18.2 Å². The Balaban J connectivity index is 1.80. The fraction of sp³-hybridized carbons (Fsp3) is 0.833. The molecule has 0 aliphatic carbocycles. The van der Waals surface area contributed by atoms with Crippen LogP contribution in [0, 0.1) is 5.92 Å². The van der Waals surface area contributed by atoms with Crippen molar-refractivity contribution >= 4 is 25.9 Å². The zero-order valence-electron chi connectivity index (χ0n) is 17.2. The molecule has 2 aliphatic rings. The van der Waals surface area contributed by atoms with Crippen LogP contribution in [0.4, 0.5) is 4.79 Å². The van der Waals surface area contributed by atoms with Crippen LogP contribution in [0.3, 0.4) is 0 Å². The number of hydrogen-bond acceptors (Lipinski definition) is 7. The maximum Gasteiger partial charge on any atom is 0.528 e. The zero-order valence-corrected chi connectivity index (χ0v) is 18.2. The van der Waals surface area contributed by atoms with E-state index in [0.717, 1.165) is 6.04 Å². The third-order valence-electron chi connectivity index (χ3n) is 4.48. The molecule has 27 heavy (non-hydrogen) atoms. The molecule has 0 saturated carbocycles. The van der Waals surface area contributed by atoms with Crippen molar-refractivity contribution in [1.82, 2.24) is 10.4 Å². The lowest BCUT2D eigenvalue weighted by Gasteiger charge is -2.35. The number of nitrogens with one attached hydrogen (secondary N) is 1. The lowest BCUT2D eigenvalue weighted by molar-refractivity contribution is -0.173. The first kappa shape index (κ1) is 21.8. The van der Waals surface area contributed by atoms with E-state index in [1.165, 1.54) is 5.06 Å². The van der Waals surface area contributed by atoms with Gasteiger partial charge in [0.2, 0.25) is 5.91 Å². The molecule has 3 atom stereocenters. The van der Waals surface area contributed by atoms with E-state index in [4.69, 9.17) is 14.3 Å². The van der Waals surface area contributed by atoms with Gasteiger partial charge in [0.25, 0.3) is 0 Å². The number of hydrogen-bond donors (Lipinski definition) is 1. The first-order chi connectivity index (χ1) is 12.4. The van der Waals surface area contributed by atoms with E-state index in [0.29, 0.717) is 13.2 Å². The summed E-state index contributed by atoms with van der Waals surface area (Å²) >= 11 is 0. The monoisotopic (exact) mass is 400 g/mol. The maximum absolute atomic E-state index is 12.2. The molecular weight excluding hydrogens is 368 g/mol. The fourth-order valence-electron chi connectivity index (χ4n) is 3.10. The summed E-state index contributed by atoms with van der Waals surface area (Å²) in [6, 6.07) is 0.274.